The topological polar surface area (TPSA) is 17.1 Å². The van der Waals surface area contributed by atoms with Crippen LogP contribution in [0.15, 0.2) is 11.1 Å². The molecule has 0 aromatic heterocycles. The number of hydrogen-bond donors (Lipinski definition) is 0. The van der Waals surface area contributed by atoms with Gasteiger partial charge in [0, 0.05) is 6.42 Å². The van der Waals surface area contributed by atoms with Gasteiger partial charge in [-0.05, 0) is 37.2 Å². The Morgan fingerprint density at radius 3 is 2.73 bits per heavy atom. The Balaban J connectivity index is 2.32. The van der Waals surface area contributed by atoms with E-state index in [2.05, 4.69) is 6.92 Å². The van der Waals surface area contributed by atoms with Gasteiger partial charge < -0.3 is 0 Å². The van der Waals surface area contributed by atoms with Crippen LogP contribution in [0.5, 0.6) is 0 Å². The SMILES string of the molecule is C[C@@H]1CC(=O)C2=C1CCCC2. The second kappa shape index (κ2) is 2.47. The lowest BCUT2D eigenvalue weighted by Crippen LogP contribution is -2.00. The first-order chi connectivity index (χ1) is 5.29. The fraction of sp³-hybridized carbons (Fsp3) is 0.700. The van der Waals surface area contributed by atoms with E-state index in [1.165, 1.54) is 30.4 Å². The molecule has 2 rings (SSSR count). The Morgan fingerprint density at radius 2 is 2.00 bits per heavy atom. The van der Waals surface area contributed by atoms with Crippen molar-refractivity contribution in [2.45, 2.75) is 39.0 Å². The maximum Gasteiger partial charge on any atom is 0.159 e. The second-order valence-corrected chi connectivity index (χ2v) is 3.74. The largest absolute Gasteiger partial charge is 0.295 e. The molecule has 0 bridgehead atoms. The van der Waals surface area contributed by atoms with Crippen molar-refractivity contribution in [3.8, 4) is 0 Å². The highest BCUT2D eigenvalue weighted by Crippen LogP contribution is 2.38. The monoisotopic (exact) mass is 150 g/mol. The molecule has 2 aliphatic carbocycles. The zero-order valence-electron chi connectivity index (χ0n) is 7.02. The van der Waals surface area contributed by atoms with Gasteiger partial charge in [0.2, 0.25) is 0 Å². The van der Waals surface area contributed by atoms with Crippen molar-refractivity contribution in [1.29, 1.82) is 0 Å². The molecule has 1 heteroatoms. The predicted octanol–water partition coefficient (Wildman–Crippen LogP) is 2.47. The van der Waals surface area contributed by atoms with Crippen molar-refractivity contribution in [1.82, 2.24) is 0 Å². The molecular formula is C10H14O. The van der Waals surface area contributed by atoms with Crippen LogP contribution in [0.25, 0.3) is 0 Å². The van der Waals surface area contributed by atoms with Crippen molar-refractivity contribution in [3.05, 3.63) is 11.1 Å². The summed E-state index contributed by atoms with van der Waals surface area (Å²) in [6.45, 7) is 2.19. The molecule has 0 saturated carbocycles. The Morgan fingerprint density at radius 1 is 1.27 bits per heavy atom. The average Bonchev–Trinajstić information content (AvgIpc) is 2.30. The molecule has 0 aromatic rings. The van der Waals surface area contributed by atoms with Gasteiger partial charge >= 0.3 is 0 Å². The fourth-order valence-electron chi connectivity index (χ4n) is 2.32. The summed E-state index contributed by atoms with van der Waals surface area (Å²) in [7, 11) is 0. The molecule has 0 radical (unpaired) electrons. The summed E-state index contributed by atoms with van der Waals surface area (Å²) in [4.78, 5) is 11.4. The van der Waals surface area contributed by atoms with Gasteiger partial charge in [-0.15, -0.1) is 0 Å². The summed E-state index contributed by atoms with van der Waals surface area (Å²) in [5.41, 5.74) is 2.69. The van der Waals surface area contributed by atoms with E-state index < -0.39 is 0 Å². The van der Waals surface area contributed by atoms with Gasteiger partial charge in [0.25, 0.3) is 0 Å². The first-order valence-electron chi connectivity index (χ1n) is 4.54. The van der Waals surface area contributed by atoms with Gasteiger partial charge in [0.15, 0.2) is 5.78 Å². The lowest BCUT2D eigenvalue weighted by molar-refractivity contribution is -0.115. The van der Waals surface area contributed by atoms with E-state index in [0.29, 0.717) is 11.7 Å². The smallest absolute Gasteiger partial charge is 0.159 e. The molecule has 60 valence electrons. The van der Waals surface area contributed by atoms with E-state index in [1.54, 1.807) is 0 Å². The molecule has 0 aromatic carbocycles. The summed E-state index contributed by atoms with van der Waals surface area (Å²) in [5.74, 6) is 1.00. The van der Waals surface area contributed by atoms with E-state index in [1.807, 2.05) is 0 Å². The lowest BCUT2D eigenvalue weighted by Gasteiger charge is -2.14. The Hall–Kier alpha value is -0.590. The molecule has 0 amide bonds. The molecule has 0 fully saturated rings. The molecule has 11 heavy (non-hydrogen) atoms. The molecule has 1 atom stereocenters. The molecule has 0 spiro atoms. The van der Waals surface area contributed by atoms with Crippen LogP contribution in [0.4, 0.5) is 0 Å². The molecule has 0 aliphatic heterocycles. The predicted molar refractivity (Wildman–Crippen MR) is 44.3 cm³/mol. The Bertz CT molecular complexity index is 225. The molecule has 0 unspecified atom stereocenters. The lowest BCUT2D eigenvalue weighted by atomic mass is 9.90. The third kappa shape index (κ3) is 1.03. The highest BCUT2D eigenvalue weighted by atomic mass is 16.1. The van der Waals surface area contributed by atoms with E-state index in [-0.39, 0.29) is 0 Å². The summed E-state index contributed by atoms with van der Waals surface area (Å²) in [6.07, 6.45) is 5.60. The molecule has 2 aliphatic rings. The molecular weight excluding hydrogens is 136 g/mol. The van der Waals surface area contributed by atoms with Crippen molar-refractivity contribution >= 4 is 5.78 Å². The third-order valence-electron chi connectivity index (χ3n) is 2.93. The van der Waals surface area contributed by atoms with Gasteiger partial charge in [-0.1, -0.05) is 12.5 Å². The Kier molecular flexibility index (Phi) is 1.59. The van der Waals surface area contributed by atoms with Crippen LogP contribution < -0.4 is 0 Å². The number of rotatable bonds is 0. The standard InChI is InChI=1S/C10H14O/c1-7-6-10(11)9-5-3-2-4-8(7)9/h7H,2-6H2,1H3/t7-/m1/s1. The average molecular weight is 150 g/mol. The molecule has 0 N–H and O–H groups in total. The van der Waals surface area contributed by atoms with Crippen LogP contribution in [0.3, 0.4) is 0 Å². The van der Waals surface area contributed by atoms with Gasteiger partial charge in [-0.25, -0.2) is 0 Å². The number of ketones is 1. The van der Waals surface area contributed by atoms with Gasteiger partial charge in [0.05, 0.1) is 0 Å². The van der Waals surface area contributed by atoms with E-state index in [9.17, 15) is 4.79 Å². The number of allylic oxidation sites excluding steroid dienone is 2. The minimum Gasteiger partial charge on any atom is -0.295 e. The van der Waals surface area contributed by atoms with Crippen molar-refractivity contribution in [2.24, 2.45) is 5.92 Å². The molecule has 1 nitrogen and oxygen atoms in total. The van der Waals surface area contributed by atoms with Crippen molar-refractivity contribution in [2.75, 3.05) is 0 Å². The summed E-state index contributed by atoms with van der Waals surface area (Å²) < 4.78 is 0. The highest BCUT2D eigenvalue weighted by Gasteiger charge is 2.29. The highest BCUT2D eigenvalue weighted by molar-refractivity contribution is 5.99. The van der Waals surface area contributed by atoms with Gasteiger partial charge in [0.1, 0.15) is 0 Å². The van der Waals surface area contributed by atoms with Crippen LogP contribution in [0, 0.1) is 5.92 Å². The minimum absolute atomic E-state index is 0.437. The maximum absolute atomic E-state index is 11.4. The second-order valence-electron chi connectivity index (χ2n) is 3.74. The van der Waals surface area contributed by atoms with Gasteiger partial charge in [-0.2, -0.15) is 0 Å². The molecule has 0 saturated heterocycles. The summed E-state index contributed by atoms with van der Waals surface area (Å²) >= 11 is 0. The third-order valence-corrected chi connectivity index (χ3v) is 2.93. The number of carbonyl (C=O) groups is 1. The number of hydrogen-bond acceptors (Lipinski definition) is 1. The molecule has 0 heterocycles. The van der Waals surface area contributed by atoms with Crippen LogP contribution in [0.1, 0.15) is 39.0 Å². The summed E-state index contributed by atoms with van der Waals surface area (Å²) in [5, 5.41) is 0. The Labute approximate surface area is 67.5 Å². The van der Waals surface area contributed by atoms with Crippen LogP contribution in [-0.4, -0.2) is 5.78 Å². The maximum atomic E-state index is 11.4. The minimum atomic E-state index is 0.437. The first-order valence-corrected chi connectivity index (χ1v) is 4.54. The number of Topliss-reactive ketones (excluding diaryl/α,β-unsaturated/α-hetero) is 1. The zero-order valence-corrected chi connectivity index (χ0v) is 7.02. The van der Waals surface area contributed by atoms with Crippen molar-refractivity contribution < 1.29 is 4.79 Å². The zero-order chi connectivity index (χ0) is 7.84. The van der Waals surface area contributed by atoms with Crippen LogP contribution >= 0.6 is 0 Å². The summed E-state index contributed by atoms with van der Waals surface area (Å²) in [6, 6.07) is 0. The van der Waals surface area contributed by atoms with Gasteiger partial charge in [-0.3, -0.25) is 4.79 Å². The van der Waals surface area contributed by atoms with E-state index in [0.717, 1.165) is 12.8 Å². The van der Waals surface area contributed by atoms with E-state index in [4.69, 9.17) is 0 Å². The van der Waals surface area contributed by atoms with E-state index >= 15 is 0 Å². The van der Waals surface area contributed by atoms with Crippen LogP contribution in [0.2, 0.25) is 0 Å². The fourth-order valence-corrected chi connectivity index (χ4v) is 2.32. The normalized spacial score (nSPS) is 31.0. The van der Waals surface area contributed by atoms with Crippen LogP contribution in [-0.2, 0) is 4.79 Å². The quantitative estimate of drug-likeness (QED) is 0.518. The first kappa shape index (κ1) is 7.08. The van der Waals surface area contributed by atoms with Crippen molar-refractivity contribution in [3.63, 3.8) is 0 Å². The number of carbonyl (C=O) groups excluding carboxylic acids is 1.